The van der Waals surface area contributed by atoms with E-state index in [1.807, 2.05) is 0 Å². The Bertz CT molecular complexity index is 776. The number of carboxylic acid groups (broad SMARTS) is 1. The van der Waals surface area contributed by atoms with E-state index >= 15 is 0 Å². The largest absolute Gasteiger partial charge is 0.541 e. The maximum atomic E-state index is 12.9. The summed E-state index contributed by atoms with van der Waals surface area (Å²) in [5, 5.41) is 10.2. The predicted molar refractivity (Wildman–Crippen MR) is 75.8 cm³/mol. The number of halogens is 2. The second-order valence-electron chi connectivity index (χ2n) is 6.70. The number of hydrogen-bond donors (Lipinski definition) is 0. The molecule has 7 nitrogen and oxygen atoms in total. The number of carbonyl (C=O) groups is 3. The summed E-state index contributed by atoms with van der Waals surface area (Å²) < 4.78 is 40.7. The highest BCUT2D eigenvalue weighted by Crippen LogP contribution is 2.55. The van der Waals surface area contributed by atoms with Crippen molar-refractivity contribution in [2.75, 3.05) is 0 Å². The van der Waals surface area contributed by atoms with E-state index in [4.69, 9.17) is 9.47 Å². The molecule has 0 N–H and O–H groups in total. The Labute approximate surface area is 145 Å². The van der Waals surface area contributed by atoms with Crippen LogP contribution in [-0.4, -0.2) is 36.2 Å². The summed E-state index contributed by atoms with van der Waals surface area (Å²) in [5.41, 5.74) is 0.0813. The van der Waals surface area contributed by atoms with Gasteiger partial charge in [-0.3, -0.25) is 4.79 Å². The van der Waals surface area contributed by atoms with Gasteiger partial charge in [0.25, 0.3) is 0 Å². The van der Waals surface area contributed by atoms with Gasteiger partial charge in [-0.1, -0.05) is 0 Å². The highest BCUT2D eigenvalue weighted by Gasteiger charge is 2.63. The molecule has 5 atom stereocenters. The lowest BCUT2D eigenvalue weighted by Gasteiger charge is -2.25. The van der Waals surface area contributed by atoms with Crippen molar-refractivity contribution in [3.63, 3.8) is 0 Å². The van der Waals surface area contributed by atoms with E-state index in [2.05, 4.69) is 4.74 Å². The van der Waals surface area contributed by atoms with Crippen LogP contribution in [0.25, 0.3) is 0 Å². The molecule has 5 unspecified atom stereocenters. The van der Waals surface area contributed by atoms with Gasteiger partial charge in [0, 0.05) is 11.8 Å². The zero-order chi connectivity index (χ0) is 18.6. The van der Waals surface area contributed by atoms with Gasteiger partial charge in [-0.2, -0.15) is 8.78 Å². The number of aliphatic carboxylic acids is 1. The molecule has 3 aliphatic rings. The van der Waals surface area contributed by atoms with Crippen molar-refractivity contribution >= 4 is 17.9 Å². The molecular formula is C17H13F2O7-. The molecule has 9 heteroatoms. The Kier molecular flexibility index (Phi) is 3.64. The van der Waals surface area contributed by atoms with Crippen molar-refractivity contribution in [1.29, 1.82) is 0 Å². The molecule has 1 heterocycles. The van der Waals surface area contributed by atoms with Crippen molar-refractivity contribution in [1.82, 2.24) is 0 Å². The van der Waals surface area contributed by atoms with Gasteiger partial charge in [-0.05, 0) is 37.1 Å². The minimum absolute atomic E-state index is 0.0785. The molecule has 0 radical (unpaired) electrons. The number of esters is 2. The topological polar surface area (TPSA) is 102 Å². The minimum Gasteiger partial charge on any atom is -0.541 e. The van der Waals surface area contributed by atoms with Crippen LogP contribution >= 0.6 is 0 Å². The second kappa shape index (κ2) is 5.65. The van der Waals surface area contributed by atoms with Crippen molar-refractivity contribution in [2.45, 2.75) is 31.2 Å². The molecule has 2 aliphatic carbocycles. The average Bonchev–Trinajstić information content (AvgIpc) is 3.20. The van der Waals surface area contributed by atoms with E-state index in [1.165, 1.54) is 12.1 Å². The number of benzene rings is 1. The first-order valence-corrected chi connectivity index (χ1v) is 8.06. The smallest absolute Gasteiger partial charge is 0.441 e. The number of carboxylic acids is 1. The molecule has 1 aromatic carbocycles. The van der Waals surface area contributed by atoms with E-state index < -0.39 is 36.0 Å². The first-order valence-electron chi connectivity index (χ1n) is 8.06. The van der Waals surface area contributed by atoms with Crippen LogP contribution in [0.1, 0.15) is 23.2 Å². The highest BCUT2D eigenvalue weighted by molar-refractivity contribution is 5.90. The summed E-state index contributed by atoms with van der Waals surface area (Å²) in [7, 11) is 0. The molecule has 3 fully saturated rings. The van der Waals surface area contributed by atoms with Crippen molar-refractivity contribution in [3.05, 3.63) is 29.8 Å². The lowest BCUT2D eigenvalue weighted by atomic mass is 9.88. The minimum atomic E-state index is -4.48. The quantitative estimate of drug-likeness (QED) is 0.699. The molecule has 0 spiro atoms. The fourth-order valence-electron chi connectivity index (χ4n) is 4.10. The van der Waals surface area contributed by atoms with E-state index in [0.29, 0.717) is 6.42 Å². The second-order valence-corrected chi connectivity index (χ2v) is 6.70. The summed E-state index contributed by atoms with van der Waals surface area (Å²) in [5.74, 6) is -3.95. The molecule has 0 amide bonds. The maximum Gasteiger partial charge on any atom is 0.441 e. The average molecular weight is 367 g/mol. The van der Waals surface area contributed by atoms with Gasteiger partial charge in [0.15, 0.2) is 5.97 Å². The van der Waals surface area contributed by atoms with Gasteiger partial charge in [0.2, 0.25) is 0 Å². The molecule has 4 rings (SSSR count). The van der Waals surface area contributed by atoms with E-state index in [0.717, 1.165) is 18.6 Å². The van der Waals surface area contributed by atoms with Crippen molar-refractivity contribution in [2.24, 2.45) is 17.8 Å². The van der Waals surface area contributed by atoms with Crippen molar-refractivity contribution in [3.8, 4) is 5.75 Å². The molecule has 2 saturated carbocycles. The molecule has 138 valence electrons. The Balaban J connectivity index is 1.42. The van der Waals surface area contributed by atoms with Crippen LogP contribution in [-0.2, 0) is 19.1 Å². The number of rotatable bonds is 5. The number of carbonyl (C=O) groups excluding carboxylic acids is 3. The summed E-state index contributed by atoms with van der Waals surface area (Å²) in [6.45, 7) is 0. The van der Waals surface area contributed by atoms with Gasteiger partial charge in [-0.25, -0.2) is 4.79 Å². The fraction of sp³-hybridized carbons (Fsp3) is 0.471. The molecule has 2 bridgehead atoms. The Morgan fingerprint density at radius 1 is 1.19 bits per heavy atom. The van der Waals surface area contributed by atoms with E-state index in [1.54, 1.807) is 0 Å². The maximum absolute atomic E-state index is 12.9. The molecular weight excluding hydrogens is 354 g/mol. The molecule has 1 aromatic rings. The molecule has 26 heavy (non-hydrogen) atoms. The lowest BCUT2D eigenvalue weighted by molar-refractivity contribution is -0.350. The number of ether oxygens (including phenoxy) is 3. The van der Waals surface area contributed by atoms with Gasteiger partial charge in [0.1, 0.15) is 18.0 Å². The third-order valence-corrected chi connectivity index (χ3v) is 5.23. The monoisotopic (exact) mass is 367 g/mol. The number of fused-ring (bicyclic) bond motifs is 1. The van der Waals surface area contributed by atoms with Crippen LogP contribution in [0.4, 0.5) is 8.78 Å². The van der Waals surface area contributed by atoms with E-state index in [9.17, 15) is 28.3 Å². The first kappa shape index (κ1) is 16.7. The summed E-state index contributed by atoms with van der Waals surface area (Å²) in [6, 6.07) is 4.42. The lowest BCUT2D eigenvalue weighted by Crippen LogP contribution is -2.45. The zero-order valence-electron chi connectivity index (χ0n) is 13.2. The summed E-state index contributed by atoms with van der Waals surface area (Å²) >= 11 is 0. The van der Waals surface area contributed by atoms with Gasteiger partial charge in [-0.15, -0.1) is 0 Å². The van der Waals surface area contributed by atoms with Crippen LogP contribution < -0.4 is 9.84 Å². The van der Waals surface area contributed by atoms with Crippen LogP contribution in [0.5, 0.6) is 5.75 Å². The highest BCUT2D eigenvalue weighted by atomic mass is 19.3. The standard InChI is InChI=1S/C17H14F2O7/c18-17(19,16(22)23)26-9-3-1-7(2-4-9)14(20)24-12-8-5-10-11(6-8)15(21)25-13(10)12/h1-4,8,10-13H,5-6H2,(H,22,23)/p-1. The Morgan fingerprint density at radius 2 is 1.88 bits per heavy atom. The third kappa shape index (κ3) is 2.58. The van der Waals surface area contributed by atoms with E-state index in [-0.39, 0.29) is 29.3 Å². The van der Waals surface area contributed by atoms with Crippen LogP contribution in [0.2, 0.25) is 0 Å². The molecule has 1 aliphatic heterocycles. The van der Waals surface area contributed by atoms with Gasteiger partial charge < -0.3 is 24.1 Å². The third-order valence-electron chi connectivity index (χ3n) is 5.23. The first-order chi connectivity index (χ1) is 12.3. The Hall–Kier alpha value is -2.71. The zero-order valence-corrected chi connectivity index (χ0v) is 13.2. The molecule has 0 aromatic heterocycles. The predicted octanol–water partition coefficient (Wildman–Crippen LogP) is 0.515. The number of alkyl halides is 2. The van der Waals surface area contributed by atoms with Crippen LogP contribution in [0, 0.1) is 17.8 Å². The molecule has 1 saturated heterocycles. The fourth-order valence-corrected chi connectivity index (χ4v) is 4.10. The Morgan fingerprint density at radius 3 is 2.54 bits per heavy atom. The van der Waals surface area contributed by atoms with Crippen molar-refractivity contribution < 1.29 is 42.5 Å². The van der Waals surface area contributed by atoms with Gasteiger partial charge >= 0.3 is 18.0 Å². The SMILES string of the molecule is O=C(OC1C2CC3C(=O)OC1C3C2)c1ccc(OC(F)(F)C(=O)[O-])cc1. The normalized spacial score (nSPS) is 31.6. The van der Waals surface area contributed by atoms with Gasteiger partial charge in [0.05, 0.1) is 11.5 Å². The number of hydrogen-bond acceptors (Lipinski definition) is 7. The van der Waals surface area contributed by atoms with Crippen LogP contribution in [0.15, 0.2) is 24.3 Å². The van der Waals surface area contributed by atoms with Crippen LogP contribution in [0.3, 0.4) is 0 Å². The summed E-state index contributed by atoms with van der Waals surface area (Å²) in [4.78, 5) is 34.2. The summed E-state index contributed by atoms with van der Waals surface area (Å²) in [6.07, 6.45) is -3.98.